The first-order valence-electron chi connectivity index (χ1n) is 3.41. The number of rotatable bonds is 5. The summed E-state index contributed by atoms with van der Waals surface area (Å²) in [7, 11) is 0. The van der Waals surface area contributed by atoms with E-state index in [4.69, 9.17) is 25.5 Å². The van der Waals surface area contributed by atoms with Gasteiger partial charge >= 0.3 is 11.9 Å². The third-order valence-electron chi connectivity index (χ3n) is 1.32. The minimum Gasteiger partial charge on any atom is -0.481 e. The minimum absolute atomic E-state index is 0.0694. The van der Waals surface area contributed by atoms with Crippen LogP contribution in [0.25, 0.3) is 0 Å². The zero-order chi connectivity index (χ0) is 9.78. The highest BCUT2D eigenvalue weighted by Gasteiger charge is 2.29. The first-order valence-corrected chi connectivity index (χ1v) is 3.41. The van der Waals surface area contributed by atoms with Gasteiger partial charge in [-0.2, -0.15) is 0 Å². The van der Waals surface area contributed by atoms with Gasteiger partial charge in [0.15, 0.2) is 0 Å². The second kappa shape index (κ2) is 4.36. The highest BCUT2D eigenvalue weighted by Crippen LogP contribution is 2.09. The van der Waals surface area contributed by atoms with E-state index < -0.39 is 18.0 Å². The van der Waals surface area contributed by atoms with Gasteiger partial charge in [-0.3, -0.25) is 4.79 Å². The first-order chi connectivity index (χ1) is 5.34. The Morgan fingerprint density at radius 2 is 1.83 bits per heavy atom. The lowest BCUT2D eigenvalue weighted by molar-refractivity contribution is -0.355. The highest BCUT2D eigenvalue weighted by atomic mass is 16.7. The SMILES string of the molecule is O=C(O)CCCC(O)C(O)(O)O. The molecule has 12 heavy (non-hydrogen) atoms. The summed E-state index contributed by atoms with van der Waals surface area (Å²) in [6.07, 6.45) is -2.04. The molecular formula is C6H12O6. The van der Waals surface area contributed by atoms with Gasteiger partial charge in [0.05, 0.1) is 0 Å². The number of carbonyl (C=O) groups is 1. The maximum atomic E-state index is 9.96. The number of aliphatic hydroxyl groups is 4. The van der Waals surface area contributed by atoms with E-state index in [1.807, 2.05) is 0 Å². The number of carboxylic acid groups (broad SMARTS) is 1. The fourth-order valence-corrected chi connectivity index (χ4v) is 0.640. The van der Waals surface area contributed by atoms with E-state index in [2.05, 4.69) is 0 Å². The molecule has 6 nitrogen and oxygen atoms in total. The Hall–Kier alpha value is -0.690. The molecule has 1 atom stereocenters. The van der Waals surface area contributed by atoms with Crippen LogP contribution in [-0.4, -0.2) is 43.6 Å². The molecule has 6 heteroatoms. The third kappa shape index (κ3) is 5.03. The molecule has 0 aromatic carbocycles. The standard InChI is InChI=1S/C6H12O6/c7-4(6(10,11)12)2-1-3-5(8)9/h4,7,10-12H,1-3H2,(H,8,9). The maximum absolute atomic E-state index is 9.96. The summed E-state index contributed by atoms with van der Waals surface area (Å²) < 4.78 is 0. The van der Waals surface area contributed by atoms with Crippen molar-refractivity contribution in [1.82, 2.24) is 0 Å². The molecule has 5 N–H and O–H groups in total. The van der Waals surface area contributed by atoms with Gasteiger partial charge in [0.25, 0.3) is 0 Å². The molecule has 0 radical (unpaired) electrons. The van der Waals surface area contributed by atoms with E-state index >= 15 is 0 Å². The molecule has 0 saturated heterocycles. The number of aliphatic carboxylic acids is 1. The van der Waals surface area contributed by atoms with Crippen molar-refractivity contribution in [2.24, 2.45) is 0 Å². The van der Waals surface area contributed by atoms with Gasteiger partial charge in [-0.15, -0.1) is 0 Å². The van der Waals surface area contributed by atoms with Crippen LogP contribution in [0.3, 0.4) is 0 Å². The van der Waals surface area contributed by atoms with Gasteiger partial charge in [0.1, 0.15) is 6.10 Å². The molecule has 0 saturated carbocycles. The van der Waals surface area contributed by atoms with Gasteiger partial charge in [-0.25, -0.2) is 0 Å². The minimum atomic E-state index is -3.14. The van der Waals surface area contributed by atoms with Crippen LogP contribution in [0, 0.1) is 0 Å². The molecule has 0 aliphatic carbocycles. The Kier molecular flexibility index (Phi) is 4.11. The van der Waals surface area contributed by atoms with Crippen LogP contribution in [0.15, 0.2) is 0 Å². The number of aliphatic hydroxyl groups excluding tert-OH is 1. The number of carboxylic acids is 1. The van der Waals surface area contributed by atoms with Crippen molar-refractivity contribution in [1.29, 1.82) is 0 Å². The summed E-state index contributed by atoms with van der Waals surface area (Å²) in [4.78, 5) is 9.96. The fourth-order valence-electron chi connectivity index (χ4n) is 0.640. The van der Waals surface area contributed by atoms with Gasteiger partial charge < -0.3 is 25.5 Å². The zero-order valence-corrected chi connectivity index (χ0v) is 6.34. The molecule has 0 aromatic heterocycles. The molecule has 0 rings (SSSR count). The molecule has 0 bridgehead atoms. The molecule has 0 fully saturated rings. The van der Waals surface area contributed by atoms with Crippen LogP contribution in [0.4, 0.5) is 0 Å². The zero-order valence-electron chi connectivity index (χ0n) is 6.34. The second-order valence-corrected chi connectivity index (χ2v) is 2.49. The Balaban J connectivity index is 3.58. The van der Waals surface area contributed by atoms with Crippen LogP contribution in [0.2, 0.25) is 0 Å². The lowest BCUT2D eigenvalue weighted by Gasteiger charge is -2.20. The smallest absolute Gasteiger partial charge is 0.303 e. The van der Waals surface area contributed by atoms with Crippen LogP contribution in [0.5, 0.6) is 0 Å². The molecule has 0 aliphatic rings. The Labute approximate surface area is 68.7 Å². The van der Waals surface area contributed by atoms with E-state index in [0.717, 1.165) is 0 Å². The summed E-state index contributed by atoms with van der Waals surface area (Å²) >= 11 is 0. The van der Waals surface area contributed by atoms with Crippen molar-refractivity contribution in [3.05, 3.63) is 0 Å². The largest absolute Gasteiger partial charge is 0.481 e. The van der Waals surface area contributed by atoms with E-state index in [1.165, 1.54) is 0 Å². The molecule has 0 heterocycles. The van der Waals surface area contributed by atoms with Gasteiger partial charge in [0.2, 0.25) is 0 Å². The molecule has 0 amide bonds. The van der Waals surface area contributed by atoms with Crippen molar-refractivity contribution >= 4 is 5.97 Å². The van der Waals surface area contributed by atoms with Crippen molar-refractivity contribution in [3.63, 3.8) is 0 Å². The summed E-state index contributed by atoms with van der Waals surface area (Å²) in [6.45, 7) is 0. The predicted molar refractivity (Wildman–Crippen MR) is 36.9 cm³/mol. The van der Waals surface area contributed by atoms with Crippen molar-refractivity contribution < 1.29 is 30.3 Å². The molecule has 0 spiro atoms. The Bertz CT molecular complexity index is 149. The fraction of sp³-hybridized carbons (Fsp3) is 0.833. The quantitative estimate of drug-likeness (QED) is 0.320. The van der Waals surface area contributed by atoms with E-state index in [9.17, 15) is 4.79 Å². The van der Waals surface area contributed by atoms with Crippen LogP contribution in [0.1, 0.15) is 19.3 Å². The van der Waals surface area contributed by atoms with Crippen LogP contribution in [-0.2, 0) is 4.79 Å². The topological polar surface area (TPSA) is 118 Å². The molecular weight excluding hydrogens is 168 g/mol. The molecule has 1 unspecified atom stereocenters. The van der Waals surface area contributed by atoms with E-state index in [1.54, 1.807) is 0 Å². The van der Waals surface area contributed by atoms with Gasteiger partial charge in [0, 0.05) is 6.42 Å². The van der Waals surface area contributed by atoms with E-state index in [-0.39, 0.29) is 19.3 Å². The van der Waals surface area contributed by atoms with Gasteiger partial charge in [-0.1, -0.05) is 0 Å². The van der Waals surface area contributed by atoms with Crippen molar-refractivity contribution in [3.8, 4) is 0 Å². The lowest BCUT2D eigenvalue weighted by atomic mass is 10.1. The normalized spacial score (nSPS) is 14.3. The van der Waals surface area contributed by atoms with Crippen LogP contribution < -0.4 is 0 Å². The summed E-state index contributed by atoms with van der Waals surface area (Å²) in [6, 6.07) is 0. The summed E-state index contributed by atoms with van der Waals surface area (Å²) in [5, 5.41) is 42.0. The van der Waals surface area contributed by atoms with Gasteiger partial charge in [-0.05, 0) is 12.8 Å². The number of hydrogen-bond donors (Lipinski definition) is 5. The Morgan fingerprint density at radius 1 is 1.33 bits per heavy atom. The van der Waals surface area contributed by atoms with E-state index in [0.29, 0.717) is 0 Å². The average Bonchev–Trinajstić information content (AvgIpc) is 1.84. The molecule has 0 aromatic rings. The monoisotopic (exact) mass is 180 g/mol. The third-order valence-corrected chi connectivity index (χ3v) is 1.32. The maximum Gasteiger partial charge on any atom is 0.303 e. The Morgan fingerprint density at radius 3 is 2.17 bits per heavy atom. The van der Waals surface area contributed by atoms with Crippen LogP contribution >= 0.6 is 0 Å². The number of hydrogen-bond acceptors (Lipinski definition) is 5. The lowest BCUT2D eigenvalue weighted by Crippen LogP contribution is -2.41. The average molecular weight is 180 g/mol. The van der Waals surface area contributed by atoms with Crippen molar-refractivity contribution in [2.75, 3.05) is 0 Å². The molecule has 0 aliphatic heterocycles. The predicted octanol–water partition coefficient (Wildman–Crippen LogP) is -1.77. The first kappa shape index (κ1) is 11.3. The van der Waals surface area contributed by atoms with Crippen molar-refractivity contribution in [2.45, 2.75) is 31.3 Å². The molecule has 72 valence electrons. The highest BCUT2D eigenvalue weighted by molar-refractivity contribution is 5.66. The summed E-state index contributed by atoms with van der Waals surface area (Å²) in [5.41, 5.74) is 0. The summed E-state index contributed by atoms with van der Waals surface area (Å²) in [5.74, 6) is -4.18. The second-order valence-electron chi connectivity index (χ2n) is 2.49.